The molecule has 6 heteroatoms. The third-order valence-corrected chi connectivity index (χ3v) is 7.47. The number of carbonyl (C=O) groups is 2. The summed E-state index contributed by atoms with van der Waals surface area (Å²) < 4.78 is 19.2. The van der Waals surface area contributed by atoms with Crippen LogP contribution in [0, 0.1) is 18.7 Å². The molecule has 1 heterocycles. The molecule has 3 aromatic carbocycles. The molecule has 0 radical (unpaired) electrons. The van der Waals surface area contributed by atoms with E-state index in [1.54, 1.807) is 12.1 Å². The lowest BCUT2D eigenvalue weighted by Crippen LogP contribution is -2.43. The van der Waals surface area contributed by atoms with E-state index in [0.29, 0.717) is 17.9 Å². The summed E-state index contributed by atoms with van der Waals surface area (Å²) >= 11 is 0. The number of fused-ring (bicyclic) bond motifs is 1. The molecule has 1 N–H and O–H groups in total. The second kappa shape index (κ2) is 11.2. The number of amides is 2. The summed E-state index contributed by atoms with van der Waals surface area (Å²) in [5.41, 5.74) is 5.20. The molecule has 192 valence electrons. The zero-order chi connectivity index (χ0) is 25.8. The minimum Gasteiger partial charge on any atom is -0.484 e. The fraction of sp³-hybridized carbons (Fsp3) is 0.355. The lowest BCUT2D eigenvalue weighted by atomic mass is 9.86. The molecule has 3 aromatic rings. The van der Waals surface area contributed by atoms with Crippen LogP contribution in [0.1, 0.15) is 59.5 Å². The molecule has 2 aliphatic rings. The first-order valence-corrected chi connectivity index (χ1v) is 13.1. The summed E-state index contributed by atoms with van der Waals surface area (Å²) in [4.78, 5) is 28.0. The van der Waals surface area contributed by atoms with Crippen molar-refractivity contribution in [3.63, 3.8) is 0 Å². The maximum Gasteiger partial charge on any atom is 0.258 e. The minimum absolute atomic E-state index is 0.107. The molecule has 0 spiro atoms. The molecule has 0 aromatic heterocycles. The molecule has 5 rings (SSSR count). The number of carbonyl (C=O) groups excluding carboxylic acids is 2. The minimum atomic E-state index is -0.333. The van der Waals surface area contributed by atoms with E-state index < -0.39 is 0 Å². The van der Waals surface area contributed by atoms with Crippen molar-refractivity contribution in [1.82, 2.24) is 10.2 Å². The van der Waals surface area contributed by atoms with Gasteiger partial charge in [0.05, 0.1) is 6.04 Å². The van der Waals surface area contributed by atoms with E-state index in [1.165, 1.54) is 23.3 Å². The second-order valence-electron chi connectivity index (χ2n) is 10.1. The molecule has 0 bridgehead atoms. The molecule has 1 aliphatic carbocycles. The van der Waals surface area contributed by atoms with Gasteiger partial charge in [-0.3, -0.25) is 9.59 Å². The Morgan fingerprint density at radius 1 is 1.03 bits per heavy atom. The van der Waals surface area contributed by atoms with Gasteiger partial charge in [0, 0.05) is 19.0 Å². The summed E-state index contributed by atoms with van der Waals surface area (Å²) in [6, 6.07) is 20.3. The van der Waals surface area contributed by atoms with Crippen LogP contribution in [0.2, 0.25) is 0 Å². The van der Waals surface area contributed by atoms with E-state index >= 15 is 0 Å². The number of halogens is 1. The summed E-state index contributed by atoms with van der Waals surface area (Å²) in [6.07, 6.45) is 4.97. The summed E-state index contributed by atoms with van der Waals surface area (Å²) in [6.45, 7) is 2.85. The Bertz CT molecular complexity index is 1270. The highest BCUT2D eigenvalue weighted by molar-refractivity contribution is 5.80. The van der Waals surface area contributed by atoms with Gasteiger partial charge in [0.25, 0.3) is 5.91 Å². The van der Waals surface area contributed by atoms with Gasteiger partial charge < -0.3 is 15.0 Å². The Morgan fingerprint density at radius 2 is 1.81 bits per heavy atom. The molecule has 5 nitrogen and oxygen atoms in total. The van der Waals surface area contributed by atoms with Crippen LogP contribution in [-0.4, -0.2) is 29.9 Å². The maximum atomic E-state index is 13.6. The quantitative estimate of drug-likeness (QED) is 0.467. The van der Waals surface area contributed by atoms with Crippen LogP contribution in [0.5, 0.6) is 5.75 Å². The van der Waals surface area contributed by atoms with Gasteiger partial charge in [0.1, 0.15) is 11.6 Å². The molecule has 37 heavy (non-hydrogen) atoms. The predicted molar refractivity (Wildman–Crippen MR) is 141 cm³/mol. The van der Waals surface area contributed by atoms with Crippen LogP contribution >= 0.6 is 0 Å². The van der Waals surface area contributed by atoms with Crippen molar-refractivity contribution < 1.29 is 18.7 Å². The first-order chi connectivity index (χ1) is 18.0. The Kier molecular flexibility index (Phi) is 7.54. The Balaban J connectivity index is 1.33. The van der Waals surface area contributed by atoms with E-state index in [4.69, 9.17) is 4.74 Å². The number of hydrogen-bond acceptors (Lipinski definition) is 3. The van der Waals surface area contributed by atoms with Crippen molar-refractivity contribution in [2.45, 2.75) is 51.6 Å². The van der Waals surface area contributed by atoms with Gasteiger partial charge in [-0.1, -0.05) is 60.9 Å². The van der Waals surface area contributed by atoms with E-state index in [0.717, 1.165) is 43.2 Å². The number of hydrogen-bond donors (Lipinski definition) is 1. The van der Waals surface area contributed by atoms with Crippen molar-refractivity contribution in [2.24, 2.45) is 5.92 Å². The van der Waals surface area contributed by atoms with Crippen molar-refractivity contribution in [1.29, 1.82) is 0 Å². The lowest BCUT2D eigenvalue weighted by Gasteiger charge is -2.39. The SMILES string of the molecule is Cc1ccc([C@H]2c3cc(OCC(=O)NCc4cccc(F)c4)ccc3CCN2C(=O)C2CCCC2)cc1. The van der Waals surface area contributed by atoms with Gasteiger partial charge in [-0.05, 0) is 72.7 Å². The highest BCUT2D eigenvalue weighted by Gasteiger charge is 2.36. The number of ether oxygens (including phenoxy) is 1. The molecule has 0 unspecified atom stereocenters. The van der Waals surface area contributed by atoms with Crippen LogP contribution in [0.4, 0.5) is 4.39 Å². The van der Waals surface area contributed by atoms with Crippen molar-refractivity contribution in [2.75, 3.05) is 13.2 Å². The molecule has 0 saturated heterocycles. The smallest absolute Gasteiger partial charge is 0.258 e. The molecule has 1 atom stereocenters. The zero-order valence-corrected chi connectivity index (χ0v) is 21.2. The standard InChI is InChI=1S/C31H33FN2O3/c1-21-9-11-24(12-10-21)30-28-18-27(37-20-29(35)33-19-22-5-4-8-26(32)17-22)14-13-23(28)15-16-34(30)31(36)25-6-2-3-7-25/h4-5,8-14,17-18,25,30H,2-3,6-7,15-16,19-20H2,1H3,(H,33,35)/t30-/m0/s1. The Labute approximate surface area is 217 Å². The van der Waals surface area contributed by atoms with Gasteiger partial charge in [-0.25, -0.2) is 4.39 Å². The van der Waals surface area contributed by atoms with Crippen LogP contribution < -0.4 is 10.1 Å². The number of benzene rings is 3. The molecule has 2 amide bonds. The van der Waals surface area contributed by atoms with Crippen LogP contribution in [0.15, 0.2) is 66.7 Å². The first kappa shape index (κ1) is 25.0. The average molecular weight is 501 g/mol. The molecular weight excluding hydrogens is 467 g/mol. The van der Waals surface area contributed by atoms with E-state index in [-0.39, 0.29) is 42.7 Å². The van der Waals surface area contributed by atoms with Gasteiger partial charge >= 0.3 is 0 Å². The maximum absolute atomic E-state index is 13.6. The number of nitrogens with one attached hydrogen (secondary N) is 1. The Hall–Kier alpha value is -3.67. The van der Waals surface area contributed by atoms with Crippen molar-refractivity contribution in [3.8, 4) is 5.75 Å². The second-order valence-corrected chi connectivity index (χ2v) is 10.1. The van der Waals surface area contributed by atoms with E-state index in [1.807, 2.05) is 18.2 Å². The van der Waals surface area contributed by atoms with Gasteiger partial charge in [0.15, 0.2) is 6.61 Å². The average Bonchev–Trinajstić information content (AvgIpc) is 3.45. The van der Waals surface area contributed by atoms with Gasteiger partial charge in [-0.15, -0.1) is 0 Å². The Morgan fingerprint density at radius 3 is 2.57 bits per heavy atom. The summed E-state index contributed by atoms with van der Waals surface area (Å²) in [5, 5.41) is 2.77. The highest BCUT2D eigenvalue weighted by atomic mass is 19.1. The third-order valence-electron chi connectivity index (χ3n) is 7.47. The zero-order valence-electron chi connectivity index (χ0n) is 21.2. The molecule has 1 aliphatic heterocycles. The third kappa shape index (κ3) is 5.85. The fourth-order valence-electron chi connectivity index (χ4n) is 5.48. The lowest BCUT2D eigenvalue weighted by molar-refractivity contribution is -0.137. The monoisotopic (exact) mass is 500 g/mol. The number of nitrogens with zero attached hydrogens (tertiary/aromatic N) is 1. The van der Waals surface area contributed by atoms with Gasteiger partial charge in [0.2, 0.25) is 5.91 Å². The topological polar surface area (TPSA) is 58.6 Å². The summed E-state index contributed by atoms with van der Waals surface area (Å²) in [5.74, 6) is 0.329. The summed E-state index contributed by atoms with van der Waals surface area (Å²) in [7, 11) is 0. The molecule has 1 fully saturated rings. The number of aryl methyl sites for hydroxylation is 1. The normalized spacial score (nSPS) is 17.4. The van der Waals surface area contributed by atoms with E-state index in [2.05, 4.69) is 41.4 Å². The first-order valence-electron chi connectivity index (χ1n) is 13.1. The molecular formula is C31H33FN2O3. The predicted octanol–water partition coefficient (Wildman–Crippen LogP) is 5.49. The van der Waals surface area contributed by atoms with Gasteiger partial charge in [-0.2, -0.15) is 0 Å². The highest BCUT2D eigenvalue weighted by Crippen LogP contribution is 2.39. The van der Waals surface area contributed by atoms with Crippen LogP contribution in [-0.2, 0) is 22.6 Å². The fourth-order valence-corrected chi connectivity index (χ4v) is 5.48. The largest absolute Gasteiger partial charge is 0.484 e. The van der Waals surface area contributed by atoms with Crippen LogP contribution in [0.3, 0.4) is 0 Å². The van der Waals surface area contributed by atoms with Crippen molar-refractivity contribution >= 4 is 11.8 Å². The molecule has 1 saturated carbocycles. The van der Waals surface area contributed by atoms with E-state index in [9.17, 15) is 14.0 Å². The van der Waals surface area contributed by atoms with Crippen molar-refractivity contribution in [3.05, 3.63) is 100 Å². The van der Waals surface area contributed by atoms with Crippen LogP contribution in [0.25, 0.3) is 0 Å². The number of rotatable bonds is 7.